The molecule has 1 saturated carbocycles. The van der Waals surface area contributed by atoms with Crippen LogP contribution in [0.2, 0.25) is 0 Å². The van der Waals surface area contributed by atoms with E-state index in [4.69, 9.17) is 19.4 Å². The molecule has 0 radical (unpaired) electrons. The summed E-state index contributed by atoms with van der Waals surface area (Å²) in [6.45, 7) is 9.98. The zero-order chi connectivity index (χ0) is 29.1. The number of alkyl halides is 2. The number of alkyl carbamates (subject to hydrolysis) is 1. The third-order valence-corrected chi connectivity index (χ3v) is 7.49. The van der Waals surface area contributed by atoms with Gasteiger partial charge in [-0.2, -0.15) is 9.97 Å². The molecule has 2 aromatic heterocycles. The predicted octanol–water partition coefficient (Wildman–Crippen LogP) is 5.47. The van der Waals surface area contributed by atoms with Crippen LogP contribution >= 0.6 is 0 Å². The monoisotopic (exact) mass is 571 g/mol. The maximum atomic E-state index is 14.1. The number of rotatable bonds is 7. The number of aromatic nitrogens is 4. The van der Waals surface area contributed by atoms with Crippen molar-refractivity contribution in [3.05, 3.63) is 36.2 Å². The molecule has 12 heteroatoms. The number of para-hydroxylation sites is 2. The number of hydrogen-bond acceptors (Lipinski definition) is 8. The second-order valence-corrected chi connectivity index (χ2v) is 11.9. The van der Waals surface area contributed by atoms with Gasteiger partial charge in [-0.3, -0.25) is 4.57 Å². The van der Waals surface area contributed by atoms with E-state index in [0.29, 0.717) is 60.8 Å². The maximum Gasteiger partial charge on any atom is 0.407 e. The molecule has 1 amide bonds. The fourth-order valence-electron chi connectivity index (χ4n) is 5.48. The van der Waals surface area contributed by atoms with Crippen molar-refractivity contribution in [2.45, 2.75) is 77.5 Å². The van der Waals surface area contributed by atoms with Crippen LogP contribution in [0.4, 0.5) is 25.3 Å². The Bertz CT molecular complexity index is 1350. The van der Waals surface area contributed by atoms with Crippen LogP contribution in [0.1, 0.15) is 65.6 Å². The molecule has 2 fully saturated rings. The zero-order valence-corrected chi connectivity index (χ0v) is 24.1. The summed E-state index contributed by atoms with van der Waals surface area (Å²) in [5.74, 6) is 1.37. The van der Waals surface area contributed by atoms with E-state index in [1.165, 1.54) is 4.57 Å². The maximum absolute atomic E-state index is 14.1. The largest absolute Gasteiger partial charge is 0.444 e. The topological polar surface area (TPSA) is 106 Å². The first kappa shape index (κ1) is 29.0. The average Bonchev–Trinajstić information content (AvgIpc) is 3.32. The molecule has 1 saturated heterocycles. The highest BCUT2D eigenvalue weighted by atomic mass is 19.3. The lowest BCUT2D eigenvalue weighted by atomic mass is 9.86. The van der Waals surface area contributed by atoms with Crippen LogP contribution in [-0.4, -0.2) is 69.6 Å². The number of ether oxygens (including phenoxy) is 2. The lowest BCUT2D eigenvalue weighted by molar-refractivity contribution is 0.0488. The van der Waals surface area contributed by atoms with E-state index < -0.39 is 12.0 Å². The molecular weight excluding hydrogens is 532 g/mol. The van der Waals surface area contributed by atoms with Crippen LogP contribution in [0.3, 0.4) is 0 Å². The molecule has 1 aliphatic carbocycles. The number of carbonyl (C=O) groups excluding carboxylic acids is 1. The second kappa shape index (κ2) is 12.1. The van der Waals surface area contributed by atoms with Gasteiger partial charge < -0.3 is 25.0 Å². The Balaban J connectivity index is 1.35. The minimum absolute atomic E-state index is 0.0706. The van der Waals surface area contributed by atoms with Crippen LogP contribution in [0.25, 0.3) is 16.9 Å². The van der Waals surface area contributed by atoms with Gasteiger partial charge in [0.2, 0.25) is 5.95 Å². The minimum Gasteiger partial charge on any atom is -0.444 e. The predicted molar refractivity (Wildman–Crippen MR) is 153 cm³/mol. The van der Waals surface area contributed by atoms with Gasteiger partial charge in [0.05, 0.1) is 30.3 Å². The van der Waals surface area contributed by atoms with Gasteiger partial charge in [-0.05, 0) is 71.4 Å². The first-order valence-electron chi connectivity index (χ1n) is 14.3. The molecule has 0 unspecified atom stereocenters. The third kappa shape index (κ3) is 7.03. The molecular formula is C29H39F2N7O3. The van der Waals surface area contributed by atoms with Crippen LogP contribution in [0.15, 0.2) is 30.3 Å². The standard InChI is InChI=1S/C29H39F2N7O3/c1-18-17-40-14-13-37(18)23-15-24(38-22-8-6-5-7-21(22)34-26(38)25(30)31)36-27(35-23)32-16-19-9-11-20(12-10-19)33-28(39)41-29(2,3)4/h5-8,15,18-20,25H,9-14,16-17H2,1-4H3,(H,33,39)(H,32,35,36)/t18-,19-,20-/m0/s1. The first-order chi connectivity index (χ1) is 19.6. The quantitative estimate of drug-likeness (QED) is 0.384. The van der Waals surface area contributed by atoms with Gasteiger partial charge in [-0.25, -0.2) is 18.6 Å². The Morgan fingerprint density at radius 3 is 2.56 bits per heavy atom. The fraction of sp³-hybridized carbons (Fsp3) is 0.586. The molecule has 0 bridgehead atoms. The van der Waals surface area contributed by atoms with Gasteiger partial charge in [0.15, 0.2) is 5.82 Å². The lowest BCUT2D eigenvalue weighted by Gasteiger charge is -2.34. The third-order valence-electron chi connectivity index (χ3n) is 7.49. The summed E-state index contributed by atoms with van der Waals surface area (Å²) >= 11 is 0. The molecule has 222 valence electrons. The number of morpholine rings is 1. The SMILES string of the molecule is C[C@H]1COCCN1c1cc(-n2c(C(F)F)nc3ccccc32)nc(NC[C@H]2CC[C@H](NC(=O)OC(C)(C)C)CC2)n1. The van der Waals surface area contributed by atoms with E-state index in [-0.39, 0.29) is 24.0 Å². The van der Waals surface area contributed by atoms with Crippen molar-refractivity contribution in [1.82, 2.24) is 24.8 Å². The van der Waals surface area contributed by atoms with E-state index >= 15 is 0 Å². The van der Waals surface area contributed by atoms with Crippen LogP contribution < -0.4 is 15.5 Å². The number of nitrogens with zero attached hydrogens (tertiary/aromatic N) is 5. The Kier molecular flexibility index (Phi) is 8.58. The van der Waals surface area contributed by atoms with Crippen molar-refractivity contribution in [2.24, 2.45) is 5.92 Å². The second-order valence-electron chi connectivity index (χ2n) is 11.9. The van der Waals surface area contributed by atoms with Gasteiger partial charge in [0.1, 0.15) is 17.2 Å². The number of anilines is 2. The molecule has 41 heavy (non-hydrogen) atoms. The number of amides is 1. The van der Waals surface area contributed by atoms with Crippen molar-refractivity contribution in [3.63, 3.8) is 0 Å². The van der Waals surface area contributed by atoms with E-state index in [1.54, 1.807) is 30.3 Å². The smallest absolute Gasteiger partial charge is 0.407 e. The van der Waals surface area contributed by atoms with E-state index in [9.17, 15) is 13.6 Å². The Hall–Kier alpha value is -3.54. The number of fused-ring (bicyclic) bond motifs is 1. The van der Waals surface area contributed by atoms with Gasteiger partial charge >= 0.3 is 6.09 Å². The molecule has 2 aliphatic rings. The number of halogens is 2. The highest BCUT2D eigenvalue weighted by Gasteiger charge is 2.27. The minimum atomic E-state index is -2.77. The van der Waals surface area contributed by atoms with Crippen LogP contribution in [0.5, 0.6) is 0 Å². The average molecular weight is 572 g/mol. The number of hydrogen-bond donors (Lipinski definition) is 2. The summed E-state index contributed by atoms with van der Waals surface area (Å²) in [7, 11) is 0. The highest BCUT2D eigenvalue weighted by molar-refractivity contribution is 5.78. The zero-order valence-electron chi connectivity index (χ0n) is 24.1. The van der Waals surface area contributed by atoms with Gasteiger partial charge in [0, 0.05) is 25.2 Å². The Morgan fingerprint density at radius 1 is 1.12 bits per heavy atom. The molecule has 10 nitrogen and oxygen atoms in total. The normalized spacial score (nSPS) is 21.7. The van der Waals surface area contributed by atoms with Crippen LogP contribution in [-0.2, 0) is 9.47 Å². The summed E-state index contributed by atoms with van der Waals surface area (Å²) in [5, 5.41) is 6.36. The van der Waals surface area contributed by atoms with Gasteiger partial charge in [0.25, 0.3) is 6.43 Å². The lowest BCUT2D eigenvalue weighted by Crippen LogP contribution is -2.44. The van der Waals surface area contributed by atoms with E-state index in [0.717, 1.165) is 25.7 Å². The summed E-state index contributed by atoms with van der Waals surface area (Å²) in [4.78, 5) is 28.0. The summed E-state index contributed by atoms with van der Waals surface area (Å²) in [6, 6.07) is 8.97. The molecule has 3 aromatic rings. The molecule has 3 heterocycles. The first-order valence-corrected chi connectivity index (χ1v) is 14.3. The number of benzene rings is 1. The Labute approximate surface area is 238 Å². The highest BCUT2D eigenvalue weighted by Crippen LogP contribution is 2.30. The van der Waals surface area contributed by atoms with Crippen molar-refractivity contribution in [2.75, 3.05) is 36.5 Å². The molecule has 5 rings (SSSR count). The van der Waals surface area contributed by atoms with Gasteiger partial charge in [-0.15, -0.1) is 0 Å². The van der Waals surface area contributed by atoms with E-state index in [2.05, 4.69) is 27.4 Å². The molecule has 1 aromatic carbocycles. The number of nitrogens with one attached hydrogen (secondary N) is 2. The fourth-order valence-corrected chi connectivity index (χ4v) is 5.48. The summed E-state index contributed by atoms with van der Waals surface area (Å²) in [6.07, 6.45) is 0.377. The summed E-state index contributed by atoms with van der Waals surface area (Å²) in [5.41, 5.74) is 0.509. The molecule has 2 N–H and O–H groups in total. The Morgan fingerprint density at radius 2 is 1.85 bits per heavy atom. The summed E-state index contributed by atoms with van der Waals surface area (Å²) < 4.78 is 40.7. The van der Waals surface area contributed by atoms with Gasteiger partial charge in [-0.1, -0.05) is 12.1 Å². The van der Waals surface area contributed by atoms with Crippen LogP contribution in [0, 0.1) is 5.92 Å². The van der Waals surface area contributed by atoms with Crippen molar-refractivity contribution < 1.29 is 23.0 Å². The van der Waals surface area contributed by atoms with Crippen molar-refractivity contribution >= 4 is 28.9 Å². The molecule has 1 atom stereocenters. The van der Waals surface area contributed by atoms with E-state index in [1.807, 2.05) is 20.8 Å². The number of carbonyl (C=O) groups is 1. The number of imidazole rings is 1. The van der Waals surface area contributed by atoms with Crippen molar-refractivity contribution in [3.8, 4) is 5.82 Å². The van der Waals surface area contributed by atoms with Crippen molar-refractivity contribution in [1.29, 1.82) is 0 Å². The molecule has 1 aliphatic heterocycles. The molecule has 0 spiro atoms.